The van der Waals surface area contributed by atoms with Crippen LogP contribution in [0.5, 0.6) is 5.75 Å². The smallest absolute Gasteiger partial charge is 0.137 e. The second kappa shape index (κ2) is 4.79. The molecule has 0 saturated heterocycles. The van der Waals surface area contributed by atoms with E-state index in [0.717, 1.165) is 0 Å². The molecule has 0 atom stereocenters. The lowest BCUT2D eigenvalue weighted by Gasteiger charge is -2.08. The van der Waals surface area contributed by atoms with Crippen LogP contribution in [-0.2, 0) is 0 Å². The zero-order valence-electron chi connectivity index (χ0n) is 9.54. The lowest BCUT2D eigenvalue weighted by atomic mass is 10.0. The number of benzene rings is 2. The maximum Gasteiger partial charge on any atom is 0.137 e. The van der Waals surface area contributed by atoms with E-state index in [0.29, 0.717) is 26.7 Å². The molecule has 0 amide bonds. The first kappa shape index (κ1) is 12.6. The summed E-state index contributed by atoms with van der Waals surface area (Å²) >= 11 is 3.17. The van der Waals surface area contributed by atoms with Gasteiger partial charge >= 0.3 is 0 Å². The molecule has 0 aliphatic heterocycles. The van der Waals surface area contributed by atoms with Crippen LogP contribution in [0.2, 0.25) is 0 Å². The van der Waals surface area contributed by atoms with Gasteiger partial charge in [0.15, 0.2) is 0 Å². The summed E-state index contributed by atoms with van der Waals surface area (Å²) in [4.78, 5) is 0. The van der Waals surface area contributed by atoms with Crippen LogP contribution in [0.4, 0.5) is 4.39 Å². The van der Waals surface area contributed by atoms with Crippen LogP contribution in [0.1, 0.15) is 11.1 Å². The number of phenolic OH excluding ortho intramolecular Hbond substituents is 1. The minimum Gasteiger partial charge on any atom is -0.506 e. The van der Waals surface area contributed by atoms with Gasteiger partial charge in [-0.05, 0) is 52.2 Å². The highest BCUT2D eigenvalue weighted by Gasteiger charge is 2.11. The lowest BCUT2D eigenvalue weighted by molar-refractivity contribution is 0.474. The van der Waals surface area contributed by atoms with Crippen LogP contribution >= 0.6 is 15.9 Å². The van der Waals surface area contributed by atoms with Crippen molar-refractivity contribution < 1.29 is 9.50 Å². The predicted octanol–water partition coefficient (Wildman–Crippen LogP) is 4.14. The molecule has 0 aliphatic rings. The second-order valence-electron chi connectivity index (χ2n) is 3.93. The van der Waals surface area contributed by atoms with E-state index in [1.54, 1.807) is 19.1 Å². The van der Waals surface area contributed by atoms with Crippen molar-refractivity contribution in [1.82, 2.24) is 0 Å². The summed E-state index contributed by atoms with van der Waals surface area (Å²) in [5.41, 5.74) is 1.90. The van der Waals surface area contributed by atoms with E-state index in [4.69, 9.17) is 5.26 Å². The van der Waals surface area contributed by atoms with Gasteiger partial charge in [0.2, 0.25) is 0 Å². The molecule has 2 rings (SSSR count). The topological polar surface area (TPSA) is 44.0 Å². The molecule has 2 aromatic rings. The third-order valence-electron chi connectivity index (χ3n) is 2.68. The molecule has 0 unspecified atom stereocenters. The third-order valence-corrected chi connectivity index (χ3v) is 3.28. The summed E-state index contributed by atoms with van der Waals surface area (Å²) in [7, 11) is 0. The van der Waals surface area contributed by atoms with Gasteiger partial charge in [0.05, 0.1) is 16.1 Å². The van der Waals surface area contributed by atoms with Gasteiger partial charge in [0.25, 0.3) is 0 Å². The number of nitrogens with zero attached hydrogens (tertiary/aromatic N) is 1. The fourth-order valence-corrected chi connectivity index (χ4v) is 2.10. The van der Waals surface area contributed by atoms with Crippen molar-refractivity contribution in [3.05, 3.63) is 51.7 Å². The molecule has 18 heavy (non-hydrogen) atoms. The van der Waals surface area contributed by atoms with Gasteiger partial charge in [0, 0.05) is 5.56 Å². The van der Waals surface area contributed by atoms with Crippen LogP contribution in [0.15, 0.2) is 34.8 Å². The Hall–Kier alpha value is -1.86. The molecule has 0 heterocycles. The summed E-state index contributed by atoms with van der Waals surface area (Å²) in [6, 6.07) is 9.74. The minimum atomic E-state index is -0.342. The monoisotopic (exact) mass is 305 g/mol. The molecule has 1 N–H and O–H groups in total. The largest absolute Gasteiger partial charge is 0.506 e. The summed E-state index contributed by atoms with van der Waals surface area (Å²) < 4.78 is 13.9. The van der Waals surface area contributed by atoms with E-state index in [2.05, 4.69) is 15.9 Å². The van der Waals surface area contributed by atoms with Gasteiger partial charge in [-0.15, -0.1) is 0 Å². The van der Waals surface area contributed by atoms with Gasteiger partial charge in [-0.1, -0.05) is 12.1 Å². The molecule has 0 saturated carbocycles. The summed E-state index contributed by atoms with van der Waals surface area (Å²) in [5.74, 6) is -0.345. The Bertz CT molecular complexity index is 662. The van der Waals surface area contributed by atoms with Crippen molar-refractivity contribution in [2.45, 2.75) is 6.92 Å². The molecule has 0 aliphatic carbocycles. The number of rotatable bonds is 1. The number of aryl methyl sites for hydroxylation is 1. The minimum absolute atomic E-state index is 0.00254. The summed E-state index contributed by atoms with van der Waals surface area (Å²) in [6.45, 7) is 1.67. The van der Waals surface area contributed by atoms with Crippen molar-refractivity contribution in [3.8, 4) is 22.9 Å². The first-order chi connectivity index (χ1) is 8.52. The van der Waals surface area contributed by atoms with Gasteiger partial charge in [-0.2, -0.15) is 5.26 Å². The molecule has 4 heteroatoms. The van der Waals surface area contributed by atoms with E-state index in [9.17, 15) is 9.50 Å². The zero-order valence-corrected chi connectivity index (χ0v) is 11.1. The van der Waals surface area contributed by atoms with Crippen LogP contribution in [-0.4, -0.2) is 5.11 Å². The van der Waals surface area contributed by atoms with Gasteiger partial charge in [-0.3, -0.25) is 0 Å². The molecule has 0 aromatic heterocycles. The summed E-state index contributed by atoms with van der Waals surface area (Å²) in [5, 5.41) is 18.8. The molecule has 0 fully saturated rings. The number of hydrogen-bond acceptors (Lipinski definition) is 2. The maximum absolute atomic E-state index is 13.5. The van der Waals surface area contributed by atoms with Gasteiger partial charge in [-0.25, -0.2) is 4.39 Å². The lowest BCUT2D eigenvalue weighted by Crippen LogP contribution is -1.87. The van der Waals surface area contributed by atoms with Crippen molar-refractivity contribution in [2.24, 2.45) is 0 Å². The standard InChI is InChI=1S/C14H9BrFNO/c1-8-2-3-10(6-13(8)16)11-4-9(7-17)5-12(15)14(11)18/h2-6,18H,1H3. The fraction of sp³-hybridized carbons (Fsp3) is 0.0714. The molecular weight excluding hydrogens is 297 g/mol. The Morgan fingerprint density at radius 2 is 2.00 bits per heavy atom. The van der Waals surface area contributed by atoms with Crippen molar-refractivity contribution in [3.63, 3.8) is 0 Å². The van der Waals surface area contributed by atoms with Crippen LogP contribution in [0, 0.1) is 24.1 Å². The Morgan fingerprint density at radius 3 is 2.61 bits per heavy atom. The molecular formula is C14H9BrFNO. The van der Waals surface area contributed by atoms with Crippen LogP contribution in [0.25, 0.3) is 11.1 Å². The average Bonchev–Trinajstić information content (AvgIpc) is 2.36. The average molecular weight is 306 g/mol. The first-order valence-electron chi connectivity index (χ1n) is 5.22. The van der Waals surface area contributed by atoms with Crippen LogP contribution < -0.4 is 0 Å². The van der Waals surface area contributed by atoms with Crippen LogP contribution in [0.3, 0.4) is 0 Å². The summed E-state index contributed by atoms with van der Waals surface area (Å²) in [6.07, 6.45) is 0. The third kappa shape index (κ3) is 2.22. The molecule has 0 radical (unpaired) electrons. The molecule has 2 nitrogen and oxygen atoms in total. The number of halogens is 2. The highest BCUT2D eigenvalue weighted by molar-refractivity contribution is 9.10. The number of aromatic hydroxyl groups is 1. The van der Waals surface area contributed by atoms with Crippen molar-refractivity contribution >= 4 is 15.9 Å². The highest BCUT2D eigenvalue weighted by Crippen LogP contribution is 2.37. The maximum atomic E-state index is 13.5. The van der Waals surface area contributed by atoms with E-state index in [1.165, 1.54) is 18.2 Å². The molecule has 0 spiro atoms. The van der Waals surface area contributed by atoms with E-state index < -0.39 is 0 Å². The number of hydrogen-bond donors (Lipinski definition) is 1. The van der Waals surface area contributed by atoms with Gasteiger partial charge in [0.1, 0.15) is 11.6 Å². The quantitative estimate of drug-likeness (QED) is 0.860. The van der Waals surface area contributed by atoms with Gasteiger partial charge < -0.3 is 5.11 Å². The SMILES string of the molecule is Cc1ccc(-c2cc(C#N)cc(Br)c2O)cc1F. The Morgan fingerprint density at radius 1 is 1.28 bits per heavy atom. The predicted molar refractivity (Wildman–Crippen MR) is 70.7 cm³/mol. The van der Waals surface area contributed by atoms with Crippen molar-refractivity contribution in [2.75, 3.05) is 0 Å². The van der Waals surface area contributed by atoms with Crippen molar-refractivity contribution in [1.29, 1.82) is 5.26 Å². The Balaban J connectivity index is 2.67. The normalized spacial score (nSPS) is 10.1. The number of phenols is 1. The zero-order chi connectivity index (χ0) is 13.3. The number of nitriles is 1. The molecule has 0 bridgehead atoms. The molecule has 2 aromatic carbocycles. The Labute approximate surface area is 112 Å². The van der Waals surface area contributed by atoms with E-state index in [-0.39, 0.29) is 11.6 Å². The fourth-order valence-electron chi connectivity index (χ4n) is 1.64. The Kier molecular flexibility index (Phi) is 3.35. The molecule has 90 valence electrons. The highest BCUT2D eigenvalue weighted by atomic mass is 79.9. The van der Waals surface area contributed by atoms with E-state index >= 15 is 0 Å². The second-order valence-corrected chi connectivity index (χ2v) is 4.78. The first-order valence-corrected chi connectivity index (χ1v) is 6.01. The van der Waals surface area contributed by atoms with E-state index in [1.807, 2.05) is 6.07 Å².